The molecule has 0 spiro atoms. The second kappa shape index (κ2) is 51.3. The first-order valence-electron chi connectivity index (χ1n) is 27.2. The van der Waals surface area contributed by atoms with Crippen LogP contribution in [0.2, 0.25) is 0 Å². The molecule has 6 nitrogen and oxygen atoms in total. The highest BCUT2D eigenvalue weighted by molar-refractivity contribution is 5.77. The number of unbranched alkanes of at least 4 members (excludes halogenated alkanes) is 27. The summed E-state index contributed by atoms with van der Waals surface area (Å²) in [6.45, 7) is 6.32. The SMILES string of the molecule is CC/C=C/C=C/C=C/C=C\CCCCCC(CC(=O)NC(CO)C(O)CCCCCCCCCCCCCCCCC)OC(=O)CCCCCCCCC/C=C\C/C=C\CCCCC. The second-order valence-corrected chi connectivity index (χ2v) is 18.3. The van der Waals surface area contributed by atoms with Gasteiger partial charge in [0.1, 0.15) is 6.10 Å². The summed E-state index contributed by atoms with van der Waals surface area (Å²) >= 11 is 0. The van der Waals surface area contributed by atoms with E-state index in [1.807, 2.05) is 24.3 Å². The minimum Gasteiger partial charge on any atom is -0.462 e. The van der Waals surface area contributed by atoms with Crippen LogP contribution in [0.3, 0.4) is 0 Å². The molecule has 370 valence electrons. The summed E-state index contributed by atoms with van der Waals surface area (Å²) in [5.74, 6) is -0.521. The van der Waals surface area contributed by atoms with Crippen molar-refractivity contribution in [2.45, 2.75) is 277 Å². The van der Waals surface area contributed by atoms with Crippen molar-refractivity contribution in [1.82, 2.24) is 5.32 Å². The number of aliphatic hydroxyl groups excluding tert-OH is 2. The molecule has 0 rings (SSSR count). The molecule has 0 aliphatic carbocycles. The summed E-state index contributed by atoms with van der Waals surface area (Å²) < 4.78 is 5.92. The Hall–Kier alpha value is -2.70. The molecule has 0 bridgehead atoms. The third-order valence-electron chi connectivity index (χ3n) is 12.1. The molecule has 0 saturated heterocycles. The topological polar surface area (TPSA) is 95.9 Å². The molecule has 0 aromatic carbocycles. The van der Waals surface area contributed by atoms with Crippen LogP contribution in [0.25, 0.3) is 0 Å². The molecule has 3 unspecified atom stereocenters. The van der Waals surface area contributed by atoms with Gasteiger partial charge in [-0.05, 0) is 77.0 Å². The summed E-state index contributed by atoms with van der Waals surface area (Å²) in [6, 6.07) is -0.719. The van der Waals surface area contributed by atoms with Crippen molar-refractivity contribution in [1.29, 1.82) is 0 Å². The number of aliphatic hydroxyl groups is 2. The lowest BCUT2D eigenvalue weighted by molar-refractivity contribution is -0.151. The predicted octanol–water partition coefficient (Wildman–Crippen LogP) is 16.6. The molecule has 3 N–H and O–H groups in total. The van der Waals surface area contributed by atoms with E-state index >= 15 is 0 Å². The molecule has 0 radical (unpaired) electrons. The van der Waals surface area contributed by atoms with Crippen LogP contribution in [-0.4, -0.2) is 46.9 Å². The second-order valence-electron chi connectivity index (χ2n) is 18.3. The fraction of sp³-hybridized carbons (Fsp3) is 0.759. The lowest BCUT2D eigenvalue weighted by Crippen LogP contribution is -2.46. The first-order chi connectivity index (χ1) is 31.5. The van der Waals surface area contributed by atoms with Gasteiger partial charge in [0, 0.05) is 6.42 Å². The number of esters is 1. The highest BCUT2D eigenvalue weighted by Gasteiger charge is 2.24. The summed E-state index contributed by atoms with van der Waals surface area (Å²) in [5.41, 5.74) is 0. The molecule has 0 heterocycles. The molecule has 0 fully saturated rings. The van der Waals surface area contributed by atoms with E-state index in [0.29, 0.717) is 19.3 Å². The number of amides is 1. The molecule has 0 saturated carbocycles. The molecule has 1 amide bonds. The molecule has 6 heteroatoms. The smallest absolute Gasteiger partial charge is 0.306 e. The largest absolute Gasteiger partial charge is 0.462 e. The van der Waals surface area contributed by atoms with Crippen molar-refractivity contribution in [3.05, 3.63) is 72.9 Å². The normalized spacial score (nSPS) is 13.8. The van der Waals surface area contributed by atoms with Gasteiger partial charge in [0.2, 0.25) is 5.91 Å². The van der Waals surface area contributed by atoms with Gasteiger partial charge in [-0.2, -0.15) is 0 Å². The number of carbonyl (C=O) groups excluding carboxylic acids is 2. The van der Waals surface area contributed by atoms with Gasteiger partial charge < -0.3 is 20.3 Å². The summed E-state index contributed by atoms with van der Waals surface area (Å²) in [7, 11) is 0. The highest BCUT2D eigenvalue weighted by atomic mass is 16.5. The number of hydrogen-bond donors (Lipinski definition) is 3. The van der Waals surface area contributed by atoms with E-state index in [0.717, 1.165) is 83.5 Å². The molecule has 0 aromatic heterocycles. The number of rotatable bonds is 48. The van der Waals surface area contributed by atoms with Crippen LogP contribution in [0.1, 0.15) is 258 Å². The van der Waals surface area contributed by atoms with Gasteiger partial charge >= 0.3 is 5.97 Å². The van der Waals surface area contributed by atoms with Crippen molar-refractivity contribution in [2.24, 2.45) is 0 Å². The van der Waals surface area contributed by atoms with E-state index in [1.165, 1.54) is 128 Å². The molecular formula is C58H103NO5. The lowest BCUT2D eigenvalue weighted by Gasteiger charge is -2.24. The van der Waals surface area contributed by atoms with Gasteiger partial charge in [-0.3, -0.25) is 9.59 Å². The zero-order valence-corrected chi connectivity index (χ0v) is 42.1. The Kier molecular flexibility index (Phi) is 49.1. The van der Waals surface area contributed by atoms with Gasteiger partial charge in [-0.15, -0.1) is 0 Å². The Balaban J connectivity index is 4.60. The van der Waals surface area contributed by atoms with Crippen LogP contribution in [0, 0.1) is 0 Å². The fourth-order valence-corrected chi connectivity index (χ4v) is 8.00. The van der Waals surface area contributed by atoms with Crippen molar-refractivity contribution in [2.75, 3.05) is 6.61 Å². The first-order valence-corrected chi connectivity index (χ1v) is 27.2. The van der Waals surface area contributed by atoms with E-state index in [2.05, 4.69) is 74.7 Å². The van der Waals surface area contributed by atoms with Gasteiger partial charge in [0.05, 0.1) is 25.2 Å². The molecule has 64 heavy (non-hydrogen) atoms. The van der Waals surface area contributed by atoms with E-state index in [4.69, 9.17) is 4.74 Å². The Morgan fingerprint density at radius 3 is 1.45 bits per heavy atom. The average molecular weight is 894 g/mol. The van der Waals surface area contributed by atoms with Crippen LogP contribution in [0.5, 0.6) is 0 Å². The van der Waals surface area contributed by atoms with Crippen LogP contribution in [0.4, 0.5) is 0 Å². The minimum absolute atomic E-state index is 0.0461. The van der Waals surface area contributed by atoms with Gasteiger partial charge in [-0.25, -0.2) is 0 Å². The first kappa shape index (κ1) is 61.3. The molecular weight excluding hydrogens is 791 g/mol. The maximum Gasteiger partial charge on any atom is 0.306 e. The standard InChI is InChI=1S/C58H103NO5/c1-4-7-10-13-16-19-22-25-27-28-30-33-36-39-42-45-48-51-58(63)64-54(49-46-43-40-37-34-31-24-21-18-15-12-9-6-3)52-57(62)59-55(53-60)56(61)50-47-44-41-38-35-32-29-26-23-20-17-14-11-8-5-2/h9,12,15-16,18-19,21,24-25,27,31,34,54-56,60-61H,4-8,10-11,13-14,17,20,22-23,26,28-30,32-33,35-53H2,1-3H3,(H,59,62)/b12-9+,18-15+,19-16-,24-21+,27-25-,34-31-. The minimum atomic E-state index is -0.803. The van der Waals surface area contributed by atoms with E-state index in [9.17, 15) is 19.8 Å². The Bertz CT molecular complexity index is 1190. The molecule has 0 aromatic rings. The Morgan fingerprint density at radius 1 is 0.484 bits per heavy atom. The van der Waals surface area contributed by atoms with Gasteiger partial charge in [0.15, 0.2) is 0 Å². The summed E-state index contributed by atoms with van der Waals surface area (Å²) in [4.78, 5) is 26.2. The molecule has 0 aliphatic heterocycles. The highest BCUT2D eigenvalue weighted by Crippen LogP contribution is 2.18. The molecule has 0 aliphatic rings. The number of hydrogen-bond acceptors (Lipinski definition) is 5. The zero-order valence-electron chi connectivity index (χ0n) is 42.1. The number of nitrogens with one attached hydrogen (secondary N) is 1. The fourth-order valence-electron chi connectivity index (χ4n) is 8.00. The third-order valence-corrected chi connectivity index (χ3v) is 12.1. The Morgan fingerprint density at radius 2 is 0.906 bits per heavy atom. The monoisotopic (exact) mass is 894 g/mol. The zero-order chi connectivity index (χ0) is 46.7. The van der Waals surface area contributed by atoms with Crippen molar-refractivity contribution >= 4 is 11.9 Å². The summed E-state index contributed by atoms with van der Waals surface area (Å²) in [5, 5.41) is 23.8. The van der Waals surface area contributed by atoms with Crippen molar-refractivity contribution in [3.8, 4) is 0 Å². The number of carbonyl (C=O) groups is 2. The third kappa shape index (κ3) is 45.9. The maximum atomic E-state index is 13.2. The van der Waals surface area contributed by atoms with Crippen molar-refractivity contribution in [3.63, 3.8) is 0 Å². The van der Waals surface area contributed by atoms with Crippen LogP contribution < -0.4 is 5.32 Å². The number of allylic oxidation sites excluding steroid dienone is 12. The van der Waals surface area contributed by atoms with E-state index < -0.39 is 18.2 Å². The average Bonchev–Trinajstić information content (AvgIpc) is 3.29. The van der Waals surface area contributed by atoms with E-state index in [1.54, 1.807) is 0 Å². The van der Waals surface area contributed by atoms with Gasteiger partial charge in [-0.1, -0.05) is 241 Å². The maximum absolute atomic E-state index is 13.2. The van der Waals surface area contributed by atoms with E-state index in [-0.39, 0.29) is 24.9 Å². The predicted molar refractivity (Wildman–Crippen MR) is 278 cm³/mol. The van der Waals surface area contributed by atoms with Crippen LogP contribution >= 0.6 is 0 Å². The summed E-state index contributed by atoms with van der Waals surface area (Å²) in [6.07, 6.45) is 65.3. The van der Waals surface area contributed by atoms with Crippen LogP contribution in [-0.2, 0) is 14.3 Å². The quantitative estimate of drug-likeness (QED) is 0.0245. The molecule has 3 atom stereocenters. The van der Waals surface area contributed by atoms with Crippen molar-refractivity contribution < 1.29 is 24.5 Å². The lowest BCUT2D eigenvalue weighted by atomic mass is 10.0. The Labute approximate surface area is 396 Å². The van der Waals surface area contributed by atoms with Crippen LogP contribution in [0.15, 0.2) is 72.9 Å². The van der Waals surface area contributed by atoms with Gasteiger partial charge in [0.25, 0.3) is 0 Å². The number of ether oxygens (including phenoxy) is 1.